The molecule has 1 atom stereocenters. The summed E-state index contributed by atoms with van der Waals surface area (Å²) in [5, 5.41) is 13.0. The fraction of sp³-hybridized carbons (Fsp3) is 0.400. The van der Waals surface area contributed by atoms with Gasteiger partial charge >= 0.3 is 0 Å². The Labute approximate surface area is 130 Å². The molecular formula is C15H17BrFNOS. The third-order valence-corrected chi connectivity index (χ3v) is 4.37. The maximum Gasteiger partial charge on any atom is 0.129 e. The topological polar surface area (TPSA) is 33.1 Å². The Hall–Kier alpha value is -0.780. The van der Waals surface area contributed by atoms with Crippen molar-refractivity contribution in [2.75, 3.05) is 0 Å². The Balaban J connectivity index is 2.17. The van der Waals surface area contributed by atoms with Crippen molar-refractivity contribution in [1.82, 2.24) is 4.98 Å². The average molecular weight is 358 g/mol. The van der Waals surface area contributed by atoms with E-state index in [1.54, 1.807) is 12.1 Å². The lowest BCUT2D eigenvalue weighted by Crippen LogP contribution is -2.12. The van der Waals surface area contributed by atoms with Gasteiger partial charge in [-0.1, -0.05) is 36.7 Å². The third kappa shape index (κ3) is 3.65. The predicted molar refractivity (Wildman–Crippen MR) is 83.6 cm³/mol. The number of thiazole rings is 1. The standard InChI is InChI=1S/C15H17BrFNOS/c1-15(2,3)13-8-20-14(18-13)7-12(19)10-6-9(16)4-5-11(10)17/h4-6,8,12,19H,7H2,1-3H3. The van der Waals surface area contributed by atoms with Gasteiger partial charge in [0.2, 0.25) is 0 Å². The molecule has 0 fully saturated rings. The first-order chi connectivity index (χ1) is 9.27. The Morgan fingerprint density at radius 2 is 2.10 bits per heavy atom. The zero-order valence-corrected chi connectivity index (χ0v) is 14.1. The predicted octanol–water partition coefficient (Wildman–Crippen LogP) is 4.62. The van der Waals surface area contributed by atoms with Crippen molar-refractivity contribution in [3.05, 3.63) is 50.1 Å². The number of aromatic nitrogens is 1. The van der Waals surface area contributed by atoms with Gasteiger partial charge in [-0.25, -0.2) is 9.37 Å². The van der Waals surface area contributed by atoms with Crippen LogP contribution in [0.25, 0.3) is 0 Å². The molecule has 1 heterocycles. The number of halogens is 2. The Morgan fingerprint density at radius 1 is 1.40 bits per heavy atom. The second-order valence-electron chi connectivity index (χ2n) is 5.76. The van der Waals surface area contributed by atoms with E-state index in [0.29, 0.717) is 12.0 Å². The molecule has 0 aliphatic heterocycles. The van der Waals surface area contributed by atoms with E-state index in [9.17, 15) is 9.50 Å². The molecule has 1 N–H and O–H groups in total. The smallest absolute Gasteiger partial charge is 0.129 e. The quantitative estimate of drug-likeness (QED) is 0.869. The highest BCUT2D eigenvalue weighted by atomic mass is 79.9. The molecule has 0 spiro atoms. The van der Waals surface area contributed by atoms with Gasteiger partial charge in [-0.3, -0.25) is 0 Å². The minimum atomic E-state index is -0.883. The van der Waals surface area contributed by atoms with Crippen molar-refractivity contribution in [3.8, 4) is 0 Å². The van der Waals surface area contributed by atoms with Crippen LogP contribution in [0.5, 0.6) is 0 Å². The number of aliphatic hydroxyl groups is 1. The summed E-state index contributed by atoms with van der Waals surface area (Å²) in [6, 6.07) is 4.58. The number of hydrogen-bond acceptors (Lipinski definition) is 3. The highest BCUT2D eigenvalue weighted by molar-refractivity contribution is 9.10. The summed E-state index contributed by atoms with van der Waals surface area (Å²) in [6.45, 7) is 6.28. The van der Waals surface area contributed by atoms with Crippen LogP contribution in [0, 0.1) is 5.82 Å². The molecule has 1 aromatic heterocycles. The third-order valence-electron chi connectivity index (χ3n) is 3.01. The molecule has 0 saturated carbocycles. The van der Waals surface area contributed by atoms with Crippen LogP contribution in [-0.4, -0.2) is 10.1 Å². The summed E-state index contributed by atoms with van der Waals surface area (Å²) in [6.07, 6.45) is -0.555. The normalized spacial score (nSPS) is 13.5. The van der Waals surface area contributed by atoms with Crippen LogP contribution < -0.4 is 0 Å². The van der Waals surface area contributed by atoms with E-state index in [1.165, 1.54) is 17.4 Å². The van der Waals surface area contributed by atoms with E-state index in [2.05, 4.69) is 41.7 Å². The molecule has 1 unspecified atom stereocenters. The van der Waals surface area contributed by atoms with Crippen molar-refractivity contribution in [2.45, 2.75) is 38.7 Å². The molecule has 1 aromatic carbocycles. The molecule has 0 aliphatic rings. The molecule has 0 aliphatic carbocycles. The molecule has 2 aromatic rings. The summed E-state index contributed by atoms with van der Waals surface area (Å²) in [4.78, 5) is 4.52. The van der Waals surface area contributed by atoms with Crippen molar-refractivity contribution in [3.63, 3.8) is 0 Å². The molecule has 20 heavy (non-hydrogen) atoms. The van der Waals surface area contributed by atoms with Crippen LogP contribution in [0.4, 0.5) is 4.39 Å². The largest absolute Gasteiger partial charge is 0.388 e. The van der Waals surface area contributed by atoms with Crippen LogP contribution in [0.3, 0.4) is 0 Å². The fourth-order valence-electron chi connectivity index (χ4n) is 1.79. The second-order valence-corrected chi connectivity index (χ2v) is 7.62. The molecule has 0 radical (unpaired) electrons. The van der Waals surface area contributed by atoms with Crippen molar-refractivity contribution >= 4 is 27.3 Å². The summed E-state index contributed by atoms with van der Waals surface area (Å²) in [5.41, 5.74) is 1.28. The summed E-state index contributed by atoms with van der Waals surface area (Å²) >= 11 is 4.79. The zero-order valence-electron chi connectivity index (χ0n) is 11.7. The molecule has 5 heteroatoms. The van der Waals surface area contributed by atoms with E-state index in [4.69, 9.17) is 0 Å². The van der Waals surface area contributed by atoms with E-state index in [1.807, 2.05) is 5.38 Å². The Kier molecular flexibility index (Phi) is 4.62. The average Bonchev–Trinajstić information content (AvgIpc) is 2.80. The van der Waals surface area contributed by atoms with E-state index in [-0.39, 0.29) is 5.41 Å². The van der Waals surface area contributed by atoms with Crippen molar-refractivity contribution in [2.24, 2.45) is 0 Å². The summed E-state index contributed by atoms with van der Waals surface area (Å²) in [7, 11) is 0. The first-order valence-electron chi connectivity index (χ1n) is 6.35. The van der Waals surface area contributed by atoms with Gasteiger partial charge in [0.05, 0.1) is 16.8 Å². The van der Waals surface area contributed by atoms with E-state index >= 15 is 0 Å². The van der Waals surface area contributed by atoms with E-state index < -0.39 is 11.9 Å². The van der Waals surface area contributed by atoms with Gasteiger partial charge in [0, 0.05) is 27.3 Å². The monoisotopic (exact) mass is 357 g/mol. The molecule has 0 bridgehead atoms. The van der Waals surface area contributed by atoms with Crippen LogP contribution in [0.2, 0.25) is 0 Å². The molecule has 108 valence electrons. The van der Waals surface area contributed by atoms with Crippen LogP contribution >= 0.6 is 27.3 Å². The maximum atomic E-state index is 13.7. The Bertz CT molecular complexity index is 606. The number of nitrogens with zero attached hydrogens (tertiary/aromatic N) is 1. The van der Waals surface area contributed by atoms with Crippen molar-refractivity contribution in [1.29, 1.82) is 0 Å². The van der Waals surface area contributed by atoms with Gasteiger partial charge in [0.15, 0.2) is 0 Å². The molecule has 0 amide bonds. The SMILES string of the molecule is CC(C)(C)c1csc(CC(O)c2cc(Br)ccc2F)n1. The summed E-state index contributed by atoms with van der Waals surface area (Å²) < 4.78 is 14.5. The highest BCUT2D eigenvalue weighted by Crippen LogP contribution is 2.28. The van der Waals surface area contributed by atoms with E-state index in [0.717, 1.165) is 15.2 Å². The highest BCUT2D eigenvalue weighted by Gasteiger charge is 2.20. The number of aliphatic hydroxyl groups excluding tert-OH is 1. The molecule has 0 saturated heterocycles. The Morgan fingerprint density at radius 3 is 2.70 bits per heavy atom. The van der Waals surface area contributed by atoms with Crippen LogP contribution in [0.1, 0.15) is 43.1 Å². The molecule has 2 rings (SSSR count). The van der Waals surface area contributed by atoms with Gasteiger partial charge < -0.3 is 5.11 Å². The lowest BCUT2D eigenvalue weighted by atomic mass is 9.93. The minimum Gasteiger partial charge on any atom is -0.388 e. The van der Waals surface area contributed by atoms with Gasteiger partial charge in [-0.05, 0) is 18.2 Å². The zero-order chi connectivity index (χ0) is 14.9. The summed E-state index contributed by atoms with van der Waals surface area (Å²) in [5.74, 6) is -0.395. The van der Waals surface area contributed by atoms with Crippen molar-refractivity contribution < 1.29 is 9.50 Å². The van der Waals surface area contributed by atoms with Crippen LogP contribution in [-0.2, 0) is 11.8 Å². The first-order valence-corrected chi connectivity index (χ1v) is 8.02. The lowest BCUT2D eigenvalue weighted by Gasteiger charge is -2.14. The number of benzene rings is 1. The molecule has 2 nitrogen and oxygen atoms in total. The van der Waals surface area contributed by atoms with Gasteiger partial charge in [0.25, 0.3) is 0 Å². The minimum absolute atomic E-state index is 0.0132. The van der Waals surface area contributed by atoms with Gasteiger partial charge in [-0.2, -0.15) is 0 Å². The fourth-order valence-corrected chi connectivity index (χ4v) is 3.23. The molecular weight excluding hydrogens is 341 g/mol. The lowest BCUT2D eigenvalue weighted by molar-refractivity contribution is 0.173. The first kappa shape index (κ1) is 15.6. The van der Waals surface area contributed by atoms with Crippen LogP contribution in [0.15, 0.2) is 28.1 Å². The maximum absolute atomic E-state index is 13.7. The number of hydrogen-bond donors (Lipinski definition) is 1. The number of rotatable bonds is 3. The second kappa shape index (κ2) is 5.92. The van der Waals surface area contributed by atoms with Gasteiger partial charge in [0.1, 0.15) is 5.82 Å². The van der Waals surface area contributed by atoms with Gasteiger partial charge in [-0.15, -0.1) is 11.3 Å².